The lowest BCUT2D eigenvalue weighted by molar-refractivity contribution is -0.125. The van der Waals surface area contributed by atoms with Crippen LogP contribution in [0.25, 0.3) is 26.4 Å². The molecule has 6 aromatic rings. The quantitative estimate of drug-likeness (QED) is 0.0558. The maximum Gasteiger partial charge on any atom is 0.262 e. The van der Waals surface area contributed by atoms with Gasteiger partial charge in [0.2, 0.25) is 5.91 Å². The maximum atomic E-state index is 13.1. The number of thiazole rings is 1. The number of Topliss-reactive ketones (excluding diaryl/α,β-unsaturated/α-hetero) is 2. The van der Waals surface area contributed by atoms with Crippen LogP contribution in [0.2, 0.25) is 0 Å². The van der Waals surface area contributed by atoms with E-state index in [1.807, 2.05) is 75.5 Å². The van der Waals surface area contributed by atoms with Gasteiger partial charge in [-0.05, 0) is 74.1 Å². The summed E-state index contributed by atoms with van der Waals surface area (Å²) in [5.74, 6) is 0.421. The van der Waals surface area contributed by atoms with E-state index in [1.165, 1.54) is 0 Å². The number of amides is 3. The minimum atomic E-state index is -0.852. The number of ether oxygens (including phenoxy) is 2. The summed E-state index contributed by atoms with van der Waals surface area (Å²) in [5, 5.41) is 9.95. The molecule has 3 aromatic heterocycles. The molecular weight excluding hydrogens is 833 g/mol. The van der Waals surface area contributed by atoms with Crippen molar-refractivity contribution in [3.8, 4) is 17.0 Å². The Morgan fingerprint density at radius 2 is 1.70 bits per heavy atom. The van der Waals surface area contributed by atoms with Gasteiger partial charge >= 0.3 is 0 Å². The van der Waals surface area contributed by atoms with Crippen LogP contribution in [-0.2, 0) is 37.4 Å². The van der Waals surface area contributed by atoms with E-state index >= 15 is 0 Å². The van der Waals surface area contributed by atoms with Crippen molar-refractivity contribution in [3.05, 3.63) is 113 Å². The lowest BCUT2D eigenvalue weighted by Gasteiger charge is -2.29. The number of rotatable bonds is 20. The number of carbonyl (C=O) groups is 5. The van der Waals surface area contributed by atoms with Crippen LogP contribution >= 0.6 is 11.3 Å². The summed E-state index contributed by atoms with van der Waals surface area (Å²) in [5.41, 5.74) is 6.14. The fourth-order valence-corrected chi connectivity index (χ4v) is 8.87. The predicted molar refractivity (Wildman–Crippen MR) is 244 cm³/mol. The summed E-state index contributed by atoms with van der Waals surface area (Å²) in [6.07, 6.45) is 6.43. The van der Waals surface area contributed by atoms with Crippen molar-refractivity contribution in [1.29, 1.82) is 0 Å². The monoisotopic (exact) mass is 884 g/mol. The van der Waals surface area contributed by atoms with Gasteiger partial charge in [-0.3, -0.25) is 33.3 Å². The first-order valence-electron chi connectivity index (χ1n) is 21.8. The Hall–Kier alpha value is -6.45. The third kappa shape index (κ3) is 10.2. The van der Waals surface area contributed by atoms with Crippen LogP contribution in [0.4, 0.5) is 5.69 Å². The number of hydrogen-bond donors (Lipinski definition) is 2. The first kappa shape index (κ1) is 44.2. The lowest BCUT2D eigenvalue weighted by atomic mass is 9.93. The summed E-state index contributed by atoms with van der Waals surface area (Å²) < 4.78 is 20.4. The van der Waals surface area contributed by atoms with Gasteiger partial charge in [-0.25, -0.2) is 4.98 Å². The van der Waals surface area contributed by atoms with E-state index in [-0.39, 0.29) is 34.5 Å². The molecule has 2 N–H and O–H groups in total. The minimum Gasteiger partial charge on any atom is -0.494 e. The number of aromatic nitrogens is 3. The van der Waals surface area contributed by atoms with Gasteiger partial charge < -0.3 is 24.6 Å². The molecule has 1 atom stereocenters. The molecule has 0 spiro atoms. The maximum absolute atomic E-state index is 13.1. The number of nitrogens with one attached hydrogen (secondary N) is 2. The Morgan fingerprint density at radius 1 is 0.906 bits per heavy atom. The summed E-state index contributed by atoms with van der Waals surface area (Å²) in [6, 6.07) is 20.0. The number of benzene rings is 3. The molecule has 8 rings (SSSR count). The summed E-state index contributed by atoms with van der Waals surface area (Å²) in [6.45, 7) is 11.9. The standard InChI is InChI=1S/C49H52N6O8S/c1-30-9-17-42(45(58)51-30)55-46(59)38-16-14-33(26-39(38)47(55)60)50-20-7-8-35(56)19-23-61-21-5-6-22-62-37-15-18-41-43(28-37)64-48-52-40(29-54(41)48)32-12-10-31(11-13-32)24-36(57)25-34-27-44(63-53-34)49(2,3)4/h10-16,18,26-29,42,50H,1,5-9,17,19-25H2,2-4H3,(H,51,58). The number of ketones is 2. The van der Waals surface area contributed by atoms with Crippen molar-refractivity contribution in [2.24, 2.45) is 0 Å². The van der Waals surface area contributed by atoms with Gasteiger partial charge in [0.25, 0.3) is 11.8 Å². The average molecular weight is 885 g/mol. The minimum absolute atomic E-state index is 0.0831. The topological polar surface area (TPSA) is 174 Å². The zero-order valence-electron chi connectivity index (χ0n) is 36.4. The molecule has 0 bridgehead atoms. The van der Waals surface area contributed by atoms with Crippen LogP contribution in [0.1, 0.15) is 103 Å². The van der Waals surface area contributed by atoms with Crippen LogP contribution in [0.5, 0.6) is 5.75 Å². The molecule has 0 saturated carbocycles. The highest BCUT2D eigenvalue weighted by Gasteiger charge is 2.44. The Balaban J connectivity index is 0.696. The number of carbonyl (C=O) groups excluding carboxylic acids is 5. The molecule has 5 heterocycles. The number of allylic oxidation sites excluding steroid dienone is 1. The number of fused-ring (bicyclic) bond motifs is 4. The van der Waals surface area contributed by atoms with E-state index in [9.17, 15) is 24.0 Å². The van der Waals surface area contributed by atoms with E-state index in [1.54, 1.807) is 29.5 Å². The van der Waals surface area contributed by atoms with Crippen molar-refractivity contribution >= 4 is 61.5 Å². The number of imide groups is 1. The molecular formula is C49H52N6O8S. The zero-order valence-corrected chi connectivity index (χ0v) is 37.2. The largest absolute Gasteiger partial charge is 0.494 e. The second kappa shape index (κ2) is 19.1. The number of nitrogens with zero attached hydrogens (tertiary/aromatic N) is 4. The molecule has 1 saturated heterocycles. The number of piperidine rings is 1. The van der Waals surface area contributed by atoms with Gasteiger partial charge in [0.15, 0.2) is 4.96 Å². The highest BCUT2D eigenvalue weighted by atomic mass is 32.1. The Kier molecular flexibility index (Phi) is 13.2. The van der Waals surface area contributed by atoms with Crippen LogP contribution in [0.15, 0.2) is 89.7 Å². The average Bonchev–Trinajstić information content (AvgIpc) is 4.04. The van der Waals surface area contributed by atoms with Gasteiger partial charge in [-0.1, -0.05) is 68.1 Å². The van der Waals surface area contributed by atoms with E-state index in [0.717, 1.165) is 61.2 Å². The van der Waals surface area contributed by atoms with E-state index < -0.39 is 23.8 Å². The molecule has 2 aliphatic heterocycles. The molecule has 1 unspecified atom stereocenters. The molecule has 15 heteroatoms. The second-order valence-electron chi connectivity index (χ2n) is 17.4. The molecule has 3 amide bonds. The zero-order chi connectivity index (χ0) is 45.0. The number of imidazole rings is 1. The fourth-order valence-electron chi connectivity index (χ4n) is 7.83. The predicted octanol–water partition coefficient (Wildman–Crippen LogP) is 8.27. The van der Waals surface area contributed by atoms with Gasteiger partial charge in [-0.15, -0.1) is 0 Å². The highest BCUT2D eigenvalue weighted by Crippen LogP contribution is 2.33. The van der Waals surface area contributed by atoms with Gasteiger partial charge in [0.05, 0.1) is 52.4 Å². The van der Waals surface area contributed by atoms with Crippen molar-refractivity contribution in [2.75, 3.05) is 31.7 Å². The van der Waals surface area contributed by atoms with E-state index in [2.05, 4.69) is 26.8 Å². The van der Waals surface area contributed by atoms with Gasteiger partial charge in [-0.2, -0.15) is 0 Å². The molecule has 0 aliphatic carbocycles. The summed E-state index contributed by atoms with van der Waals surface area (Å²) >= 11 is 1.60. The normalized spacial score (nSPS) is 15.3. The van der Waals surface area contributed by atoms with Crippen molar-refractivity contribution in [2.45, 2.75) is 90.0 Å². The first-order chi connectivity index (χ1) is 30.8. The van der Waals surface area contributed by atoms with Gasteiger partial charge in [0, 0.05) is 67.0 Å². The van der Waals surface area contributed by atoms with Crippen LogP contribution in [-0.4, -0.2) is 81.1 Å². The van der Waals surface area contributed by atoms with Crippen LogP contribution in [0.3, 0.4) is 0 Å². The first-order valence-corrected chi connectivity index (χ1v) is 22.6. The fraction of sp³-hybridized carbons (Fsp3) is 0.367. The Morgan fingerprint density at radius 3 is 2.48 bits per heavy atom. The Bertz CT molecular complexity index is 2740. The molecule has 2 aliphatic rings. The Labute approximate surface area is 375 Å². The summed E-state index contributed by atoms with van der Waals surface area (Å²) in [4.78, 5) is 70.6. The lowest BCUT2D eigenvalue weighted by Crippen LogP contribution is -2.51. The van der Waals surface area contributed by atoms with Crippen LogP contribution < -0.4 is 15.4 Å². The third-order valence-corrected chi connectivity index (χ3v) is 12.4. The molecule has 14 nitrogen and oxygen atoms in total. The number of unbranched alkanes of at least 4 members (excludes halogenated alkanes) is 1. The highest BCUT2D eigenvalue weighted by molar-refractivity contribution is 7.23. The van der Waals surface area contributed by atoms with Gasteiger partial charge in [0.1, 0.15) is 29.1 Å². The third-order valence-electron chi connectivity index (χ3n) is 11.4. The van der Waals surface area contributed by atoms with E-state index in [0.29, 0.717) is 82.0 Å². The molecule has 1 fully saturated rings. The smallest absolute Gasteiger partial charge is 0.262 e. The SMILES string of the molecule is C=C1CCC(N2C(=O)c3ccc(NCCCC(=O)CCOCCCCOc4ccc5c(c4)sc4nc(-c6ccc(CC(=O)Cc7cc(C(C)(C)C)on7)cc6)cn45)cc3C2=O)C(=O)N1. The summed E-state index contributed by atoms with van der Waals surface area (Å²) in [7, 11) is 0. The van der Waals surface area contributed by atoms with E-state index in [4.69, 9.17) is 19.0 Å². The number of anilines is 1. The molecule has 64 heavy (non-hydrogen) atoms. The van der Waals surface area contributed by atoms with Crippen LogP contribution in [0, 0.1) is 0 Å². The second-order valence-corrected chi connectivity index (χ2v) is 18.4. The molecule has 3 aromatic carbocycles. The molecule has 332 valence electrons. The van der Waals surface area contributed by atoms with Crippen molar-refractivity contribution < 1.29 is 38.0 Å². The number of hydrogen-bond acceptors (Lipinski definition) is 12. The molecule has 0 radical (unpaired) electrons. The van der Waals surface area contributed by atoms with Crippen molar-refractivity contribution in [1.82, 2.24) is 24.8 Å². The van der Waals surface area contributed by atoms with Crippen molar-refractivity contribution in [3.63, 3.8) is 0 Å².